The third-order valence-electron chi connectivity index (χ3n) is 3.41. The van der Waals surface area contributed by atoms with Crippen LogP contribution in [-0.2, 0) is 20.0 Å². The van der Waals surface area contributed by atoms with E-state index in [1.807, 2.05) is 11.7 Å². The van der Waals surface area contributed by atoms with Gasteiger partial charge in [-0.15, -0.1) is 0 Å². The summed E-state index contributed by atoms with van der Waals surface area (Å²) in [5.41, 5.74) is 8.71. The number of nitrogens with two attached hydrogens (primary N) is 1. The van der Waals surface area contributed by atoms with Gasteiger partial charge in [-0.3, -0.25) is 4.68 Å². The van der Waals surface area contributed by atoms with E-state index in [2.05, 4.69) is 39.2 Å². The number of anilines is 1. The maximum Gasteiger partial charge on any atom is 0.146 e. The molecule has 18 heavy (non-hydrogen) atoms. The minimum Gasteiger partial charge on any atom is -0.362 e. The van der Waals surface area contributed by atoms with Crippen molar-refractivity contribution < 1.29 is 0 Å². The highest BCUT2D eigenvalue weighted by molar-refractivity contribution is 5.56. The summed E-state index contributed by atoms with van der Waals surface area (Å²) in [6.45, 7) is 1.62. The average Bonchev–Trinajstić information content (AvgIpc) is 2.75. The van der Waals surface area contributed by atoms with Gasteiger partial charge in [-0.25, -0.2) is 4.98 Å². The molecule has 1 aliphatic rings. The SMILES string of the molecule is Cn1ncnc1CN1CC(N)Cc2ccccc21. The molecule has 3 rings (SSSR count). The lowest BCUT2D eigenvalue weighted by Gasteiger charge is -2.34. The highest BCUT2D eigenvalue weighted by atomic mass is 15.3. The maximum absolute atomic E-state index is 6.12. The van der Waals surface area contributed by atoms with Crippen LogP contribution in [0.3, 0.4) is 0 Å². The number of nitrogens with zero attached hydrogens (tertiary/aromatic N) is 4. The molecule has 0 aliphatic carbocycles. The Kier molecular flexibility index (Phi) is 2.76. The summed E-state index contributed by atoms with van der Waals surface area (Å²) in [5.74, 6) is 0.957. The van der Waals surface area contributed by atoms with E-state index in [4.69, 9.17) is 5.73 Å². The van der Waals surface area contributed by atoms with Crippen LogP contribution in [0, 0.1) is 0 Å². The van der Waals surface area contributed by atoms with Crippen LogP contribution in [0.15, 0.2) is 30.6 Å². The van der Waals surface area contributed by atoms with Crippen LogP contribution in [0.5, 0.6) is 0 Å². The standard InChI is InChI=1S/C13H17N5/c1-17-13(15-9-16-17)8-18-7-11(14)6-10-4-2-3-5-12(10)18/h2-5,9,11H,6-8,14H2,1H3. The molecule has 0 spiro atoms. The topological polar surface area (TPSA) is 60.0 Å². The molecular weight excluding hydrogens is 226 g/mol. The van der Waals surface area contributed by atoms with Crippen molar-refractivity contribution in [2.75, 3.05) is 11.4 Å². The van der Waals surface area contributed by atoms with Gasteiger partial charge in [0.2, 0.25) is 0 Å². The lowest BCUT2D eigenvalue weighted by molar-refractivity contribution is 0.578. The Balaban J connectivity index is 1.91. The summed E-state index contributed by atoms with van der Waals surface area (Å²) in [4.78, 5) is 6.56. The summed E-state index contributed by atoms with van der Waals surface area (Å²) in [5, 5.41) is 4.10. The van der Waals surface area contributed by atoms with Crippen molar-refractivity contribution in [3.05, 3.63) is 42.0 Å². The first-order chi connectivity index (χ1) is 8.74. The van der Waals surface area contributed by atoms with Crippen LogP contribution in [-0.4, -0.2) is 27.4 Å². The van der Waals surface area contributed by atoms with Gasteiger partial charge in [-0.1, -0.05) is 18.2 Å². The van der Waals surface area contributed by atoms with Crippen LogP contribution < -0.4 is 10.6 Å². The highest BCUT2D eigenvalue weighted by Gasteiger charge is 2.22. The first-order valence-electron chi connectivity index (χ1n) is 6.15. The quantitative estimate of drug-likeness (QED) is 0.843. The van der Waals surface area contributed by atoms with Crippen molar-refractivity contribution in [1.29, 1.82) is 0 Å². The molecule has 2 aromatic rings. The Morgan fingerprint density at radius 1 is 1.39 bits per heavy atom. The molecule has 1 aliphatic heterocycles. The summed E-state index contributed by atoms with van der Waals surface area (Å²) in [6.07, 6.45) is 2.54. The van der Waals surface area contributed by atoms with E-state index < -0.39 is 0 Å². The second-order valence-corrected chi connectivity index (χ2v) is 4.77. The number of hydrogen-bond donors (Lipinski definition) is 1. The summed E-state index contributed by atoms with van der Waals surface area (Å²) in [6, 6.07) is 8.62. The minimum atomic E-state index is 0.188. The molecule has 0 radical (unpaired) electrons. The zero-order valence-electron chi connectivity index (χ0n) is 10.5. The molecule has 0 saturated heterocycles. The number of aromatic nitrogens is 3. The van der Waals surface area contributed by atoms with Gasteiger partial charge in [0.05, 0.1) is 6.54 Å². The van der Waals surface area contributed by atoms with Gasteiger partial charge < -0.3 is 10.6 Å². The van der Waals surface area contributed by atoms with Crippen molar-refractivity contribution >= 4 is 5.69 Å². The average molecular weight is 243 g/mol. The molecule has 5 nitrogen and oxygen atoms in total. The Bertz CT molecular complexity index is 548. The summed E-state index contributed by atoms with van der Waals surface area (Å²) >= 11 is 0. The van der Waals surface area contributed by atoms with Gasteiger partial charge in [0, 0.05) is 25.3 Å². The molecule has 1 atom stereocenters. The largest absolute Gasteiger partial charge is 0.362 e. The Morgan fingerprint density at radius 2 is 2.22 bits per heavy atom. The molecule has 0 fully saturated rings. The van der Waals surface area contributed by atoms with Gasteiger partial charge in [-0.05, 0) is 18.1 Å². The molecule has 1 unspecified atom stereocenters. The lowest BCUT2D eigenvalue weighted by atomic mass is 9.98. The molecule has 0 saturated carbocycles. The normalized spacial score (nSPS) is 18.8. The van der Waals surface area contributed by atoms with Crippen molar-refractivity contribution in [3.63, 3.8) is 0 Å². The monoisotopic (exact) mass is 243 g/mol. The van der Waals surface area contributed by atoms with Crippen LogP contribution in [0.2, 0.25) is 0 Å². The van der Waals surface area contributed by atoms with E-state index in [1.54, 1.807) is 6.33 Å². The number of benzene rings is 1. The number of para-hydroxylation sites is 1. The fraction of sp³-hybridized carbons (Fsp3) is 0.385. The van der Waals surface area contributed by atoms with Crippen molar-refractivity contribution in [3.8, 4) is 0 Å². The van der Waals surface area contributed by atoms with Crippen molar-refractivity contribution in [1.82, 2.24) is 14.8 Å². The lowest BCUT2D eigenvalue weighted by Crippen LogP contribution is -2.43. The Hall–Kier alpha value is -1.88. The molecule has 1 aromatic heterocycles. The van der Waals surface area contributed by atoms with Crippen molar-refractivity contribution in [2.24, 2.45) is 12.8 Å². The van der Waals surface area contributed by atoms with E-state index in [0.29, 0.717) is 0 Å². The van der Waals surface area contributed by atoms with Crippen molar-refractivity contribution in [2.45, 2.75) is 19.0 Å². The van der Waals surface area contributed by atoms with E-state index in [1.165, 1.54) is 11.3 Å². The molecule has 0 amide bonds. The summed E-state index contributed by atoms with van der Waals surface area (Å²) in [7, 11) is 1.91. The molecular formula is C13H17N5. The van der Waals surface area contributed by atoms with Gasteiger partial charge in [0.25, 0.3) is 0 Å². The summed E-state index contributed by atoms with van der Waals surface area (Å²) < 4.78 is 1.81. The Morgan fingerprint density at radius 3 is 3.00 bits per heavy atom. The smallest absolute Gasteiger partial charge is 0.146 e. The number of fused-ring (bicyclic) bond motifs is 1. The van der Waals surface area contributed by atoms with Gasteiger partial charge in [0.15, 0.2) is 0 Å². The number of aryl methyl sites for hydroxylation is 1. The fourth-order valence-corrected chi connectivity index (χ4v) is 2.50. The Labute approximate surface area is 106 Å². The molecule has 5 heteroatoms. The number of rotatable bonds is 2. The van der Waals surface area contributed by atoms with E-state index >= 15 is 0 Å². The van der Waals surface area contributed by atoms with E-state index in [0.717, 1.165) is 25.3 Å². The molecule has 2 N–H and O–H groups in total. The van der Waals surface area contributed by atoms with E-state index in [-0.39, 0.29) is 6.04 Å². The third-order valence-corrected chi connectivity index (χ3v) is 3.41. The minimum absolute atomic E-state index is 0.188. The third kappa shape index (κ3) is 1.97. The van der Waals surface area contributed by atoms with Gasteiger partial charge in [0.1, 0.15) is 12.2 Å². The molecule has 0 bridgehead atoms. The molecule has 94 valence electrons. The fourth-order valence-electron chi connectivity index (χ4n) is 2.50. The van der Waals surface area contributed by atoms with Gasteiger partial charge >= 0.3 is 0 Å². The van der Waals surface area contributed by atoms with Gasteiger partial charge in [-0.2, -0.15) is 5.10 Å². The van der Waals surface area contributed by atoms with Crippen LogP contribution in [0.4, 0.5) is 5.69 Å². The second kappa shape index (κ2) is 4.42. The van der Waals surface area contributed by atoms with Crippen LogP contribution >= 0.6 is 0 Å². The molecule has 1 aromatic carbocycles. The predicted octanol–water partition coefficient (Wildman–Crippen LogP) is 0.705. The maximum atomic E-state index is 6.12. The first kappa shape index (κ1) is 11.2. The zero-order chi connectivity index (χ0) is 12.5. The second-order valence-electron chi connectivity index (χ2n) is 4.77. The molecule has 2 heterocycles. The number of hydrogen-bond acceptors (Lipinski definition) is 4. The highest BCUT2D eigenvalue weighted by Crippen LogP contribution is 2.27. The zero-order valence-corrected chi connectivity index (χ0v) is 10.5. The van der Waals surface area contributed by atoms with Crippen LogP contribution in [0.1, 0.15) is 11.4 Å². The first-order valence-corrected chi connectivity index (χ1v) is 6.15. The van der Waals surface area contributed by atoms with Crippen LogP contribution in [0.25, 0.3) is 0 Å². The van der Waals surface area contributed by atoms with E-state index in [9.17, 15) is 0 Å². The predicted molar refractivity (Wildman–Crippen MR) is 70.2 cm³/mol.